The fourth-order valence-electron chi connectivity index (χ4n) is 3.95. The predicted octanol–water partition coefficient (Wildman–Crippen LogP) is 4.37. The number of hydrogen-bond donors (Lipinski definition) is 0. The van der Waals surface area contributed by atoms with E-state index in [9.17, 15) is 13.2 Å². The highest BCUT2D eigenvalue weighted by Crippen LogP contribution is 2.32. The van der Waals surface area contributed by atoms with Gasteiger partial charge < -0.3 is 14.5 Å². The van der Waals surface area contributed by atoms with Gasteiger partial charge in [0.2, 0.25) is 0 Å². The number of pyridine rings is 1. The van der Waals surface area contributed by atoms with Crippen LogP contribution in [-0.2, 0) is 14.8 Å². The molecule has 0 aliphatic carbocycles. The number of ether oxygens (including phenoxy) is 1. The maximum absolute atomic E-state index is 13.4. The highest BCUT2D eigenvalue weighted by molar-refractivity contribution is 7.90. The molecular weight excluding hydrogens is 464 g/mol. The molecule has 1 aromatic carbocycles. The van der Waals surface area contributed by atoms with Crippen molar-refractivity contribution < 1.29 is 17.9 Å². The second-order valence-electron chi connectivity index (χ2n) is 9.11. The standard InChI is InChI=1S/C23H27ClN4O4S/c1-16-14-26(11-12-27(16)22(29)32-23(2,3)4)20-15-28(19-9-6-10-25-21(19)20)33(30,31)18-8-5-7-17(24)13-18/h5-10,13,15-16H,11-12,14H2,1-4H3/t16-/m1/s1. The molecule has 1 atom stereocenters. The summed E-state index contributed by atoms with van der Waals surface area (Å²) in [7, 11) is -3.88. The van der Waals surface area contributed by atoms with Crippen molar-refractivity contribution in [3.8, 4) is 0 Å². The summed E-state index contributed by atoms with van der Waals surface area (Å²) in [6, 6.07) is 9.50. The van der Waals surface area contributed by atoms with Crippen LogP contribution in [0.5, 0.6) is 0 Å². The first kappa shape index (κ1) is 23.4. The second-order valence-corrected chi connectivity index (χ2v) is 11.4. The molecular formula is C23H27ClN4O4S. The summed E-state index contributed by atoms with van der Waals surface area (Å²) < 4.78 is 33.6. The minimum Gasteiger partial charge on any atom is -0.444 e. The molecule has 0 spiro atoms. The lowest BCUT2D eigenvalue weighted by Crippen LogP contribution is -2.55. The third-order valence-corrected chi connectivity index (χ3v) is 7.36. The van der Waals surface area contributed by atoms with Gasteiger partial charge in [0.1, 0.15) is 11.1 Å². The van der Waals surface area contributed by atoms with E-state index in [0.717, 1.165) is 0 Å². The molecule has 1 aliphatic heterocycles. The van der Waals surface area contributed by atoms with E-state index in [1.54, 1.807) is 41.6 Å². The van der Waals surface area contributed by atoms with Gasteiger partial charge in [-0.05, 0) is 58.0 Å². The topological polar surface area (TPSA) is 84.7 Å². The van der Waals surface area contributed by atoms with Gasteiger partial charge in [-0.15, -0.1) is 0 Å². The lowest BCUT2D eigenvalue weighted by Gasteiger charge is -2.40. The Morgan fingerprint density at radius 3 is 2.61 bits per heavy atom. The van der Waals surface area contributed by atoms with Crippen LogP contribution >= 0.6 is 11.6 Å². The molecule has 10 heteroatoms. The van der Waals surface area contributed by atoms with E-state index in [0.29, 0.717) is 41.4 Å². The monoisotopic (exact) mass is 490 g/mol. The first-order valence-corrected chi connectivity index (χ1v) is 12.5. The Morgan fingerprint density at radius 2 is 1.94 bits per heavy atom. The van der Waals surface area contributed by atoms with Gasteiger partial charge in [0.15, 0.2) is 0 Å². The van der Waals surface area contributed by atoms with Gasteiger partial charge in [-0.1, -0.05) is 17.7 Å². The molecule has 1 aliphatic rings. The highest BCUT2D eigenvalue weighted by atomic mass is 35.5. The molecule has 176 valence electrons. The van der Waals surface area contributed by atoms with Crippen molar-refractivity contribution in [3.05, 3.63) is 53.8 Å². The molecule has 1 saturated heterocycles. The maximum Gasteiger partial charge on any atom is 0.410 e. The van der Waals surface area contributed by atoms with Gasteiger partial charge in [-0.3, -0.25) is 4.98 Å². The molecule has 1 amide bonds. The van der Waals surface area contributed by atoms with Gasteiger partial charge in [0.25, 0.3) is 10.0 Å². The average molecular weight is 491 g/mol. The van der Waals surface area contributed by atoms with Crippen molar-refractivity contribution in [2.24, 2.45) is 0 Å². The molecule has 33 heavy (non-hydrogen) atoms. The van der Waals surface area contributed by atoms with Crippen LogP contribution in [0.3, 0.4) is 0 Å². The number of carbonyl (C=O) groups excluding carboxylic acids is 1. The number of halogens is 1. The number of benzene rings is 1. The van der Waals surface area contributed by atoms with Gasteiger partial charge in [0, 0.05) is 43.1 Å². The van der Waals surface area contributed by atoms with Crippen LogP contribution in [-0.4, -0.2) is 59.6 Å². The van der Waals surface area contributed by atoms with Crippen molar-refractivity contribution in [3.63, 3.8) is 0 Å². The number of anilines is 1. The van der Waals surface area contributed by atoms with Crippen LogP contribution in [0.25, 0.3) is 11.0 Å². The number of amides is 1. The van der Waals surface area contributed by atoms with E-state index in [1.165, 1.54) is 16.1 Å². The molecule has 8 nitrogen and oxygen atoms in total. The number of rotatable bonds is 3. The predicted molar refractivity (Wildman–Crippen MR) is 128 cm³/mol. The van der Waals surface area contributed by atoms with Gasteiger partial charge in [-0.2, -0.15) is 0 Å². The van der Waals surface area contributed by atoms with E-state index in [2.05, 4.69) is 9.88 Å². The normalized spacial score (nSPS) is 17.4. The quantitative estimate of drug-likeness (QED) is 0.542. The first-order chi connectivity index (χ1) is 15.5. The Morgan fingerprint density at radius 1 is 1.18 bits per heavy atom. The van der Waals surface area contributed by atoms with Crippen LogP contribution in [0.15, 0.2) is 53.7 Å². The fourth-order valence-corrected chi connectivity index (χ4v) is 5.61. The highest BCUT2D eigenvalue weighted by Gasteiger charge is 2.33. The van der Waals surface area contributed by atoms with Crippen LogP contribution < -0.4 is 4.90 Å². The smallest absolute Gasteiger partial charge is 0.410 e. The summed E-state index contributed by atoms with van der Waals surface area (Å²) in [5.41, 5.74) is 1.20. The van der Waals surface area contributed by atoms with Crippen molar-refractivity contribution in [2.75, 3.05) is 24.5 Å². The number of carbonyl (C=O) groups is 1. The van der Waals surface area contributed by atoms with Crippen molar-refractivity contribution in [1.82, 2.24) is 13.9 Å². The summed E-state index contributed by atoms with van der Waals surface area (Å²) in [5.74, 6) is 0. The zero-order chi connectivity index (χ0) is 24.0. The van der Waals surface area contributed by atoms with Crippen LogP contribution in [0, 0.1) is 0 Å². The van der Waals surface area contributed by atoms with E-state index >= 15 is 0 Å². The van der Waals surface area contributed by atoms with E-state index in [1.807, 2.05) is 27.7 Å². The molecule has 0 radical (unpaired) electrons. The molecule has 0 saturated carbocycles. The number of fused-ring (bicyclic) bond motifs is 1. The molecule has 0 unspecified atom stereocenters. The molecule has 3 aromatic rings. The third-order valence-electron chi connectivity index (χ3n) is 5.46. The van der Waals surface area contributed by atoms with Crippen LogP contribution in [0.4, 0.5) is 10.5 Å². The van der Waals surface area contributed by atoms with Gasteiger partial charge in [0.05, 0.1) is 16.1 Å². The zero-order valence-corrected chi connectivity index (χ0v) is 20.6. The number of nitrogens with zero attached hydrogens (tertiary/aromatic N) is 4. The van der Waals surface area contributed by atoms with Gasteiger partial charge >= 0.3 is 6.09 Å². The molecule has 2 aromatic heterocycles. The van der Waals surface area contributed by atoms with Gasteiger partial charge in [-0.25, -0.2) is 17.2 Å². The molecule has 4 rings (SSSR count). The zero-order valence-electron chi connectivity index (χ0n) is 19.0. The lowest BCUT2D eigenvalue weighted by atomic mass is 10.1. The van der Waals surface area contributed by atoms with Crippen molar-refractivity contribution in [1.29, 1.82) is 0 Å². The molecule has 0 N–H and O–H groups in total. The van der Waals surface area contributed by atoms with Crippen LogP contribution in [0.1, 0.15) is 27.7 Å². The summed E-state index contributed by atoms with van der Waals surface area (Å²) in [6.45, 7) is 8.97. The average Bonchev–Trinajstić information content (AvgIpc) is 3.13. The Hall–Kier alpha value is -2.78. The van der Waals surface area contributed by atoms with Crippen molar-refractivity contribution in [2.45, 2.75) is 44.2 Å². The Kier molecular flexibility index (Phi) is 6.05. The largest absolute Gasteiger partial charge is 0.444 e. The number of hydrogen-bond acceptors (Lipinski definition) is 6. The first-order valence-electron chi connectivity index (χ1n) is 10.7. The number of aromatic nitrogens is 2. The minimum absolute atomic E-state index is 0.102. The summed E-state index contributed by atoms with van der Waals surface area (Å²) >= 11 is 6.04. The molecule has 3 heterocycles. The Bertz CT molecular complexity index is 1300. The van der Waals surface area contributed by atoms with E-state index < -0.39 is 15.6 Å². The van der Waals surface area contributed by atoms with Crippen LogP contribution in [0.2, 0.25) is 5.02 Å². The Balaban J connectivity index is 1.68. The molecule has 0 bridgehead atoms. The summed E-state index contributed by atoms with van der Waals surface area (Å²) in [5, 5.41) is 0.345. The second kappa shape index (κ2) is 8.53. The third kappa shape index (κ3) is 4.65. The SMILES string of the molecule is C[C@@H]1CN(c2cn(S(=O)(=O)c3cccc(Cl)c3)c3cccnc23)CCN1C(=O)OC(C)(C)C. The minimum atomic E-state index is -3.88. The summed E-state index contributed by atoms with van der Waals surface area (Å²) in [6.07, 6.45) is 2.89. The lowest BCUT2D eigenvalue weighted by molar-refractivity contribution is 0.0159. The number of piperazine rings is 1. The maximum atomic E-state index is 13.4. The fraction of sp³-hybridized carbons (Fsp3) is 0.391. The van der Waals surface area contributed by atoms with E-state index in [-0.39, 0.29) is 17.0 Å². The van der Waals surface area contributed by atoms with E-state index in [4.69, 9.17) is 16.3 Å². The van der Waals surface area contributed by atoms with Crippen molar-refractivity contribution >= 4 is 44.4 Å². The summed E-state index contributed by atoms with van der Waals surface area (Å²) in [4.78, 5) is 20.9. The Labute approximate surface area is 198 Å². The molecule has 1 fully saturated rings.